The zero-order chi connectivity index (χ0) is 22.0. The second-order valence-corrected chi connectivity index (χ2v) is 7.76. The van der Waals surface area contributed by atoms with E-state index < -0.39 is 5.97 Å². The lowest BCUT2D eigenvalue weighted by Gasteiger charge is -2.20. The number of nitrogens with one attached hydrogen (secondary N) is 1. The van der Waals surface area contributed by atoms with Crippen molar-refractivity contribution in [1.29, 1.82) is 0 Å². The number of pyridine rings is 1. The van der Waals surface area contributed by atoms with Gasteiger partial charge in [0.25, 0.3) is 0 Å². The number of hydrogen-bond acceptors (Lipinski definition) is 5. The Morgan fingerprint density at radius 1 is 1.13 bits per heavy atom. The first kappa shape index (κ1) is 21.3. The summed E-state index contributed by atoms with van der Waals surface area (Å²) in [6.45, 7) is 9.63. The van der Waals surface area contributed by atoms with Crippen LogP contribution in [0.3, 0.4) is 0 Å². The molecule has 158 valence electrons. The monoisotopic (exact) mass is 409 g/mol. The molecule has 0 aliphatic heterocycles. The first-order valence-electron chi connectivity index (χ1n) is 9.88. The van der Waals surface area contributed by atoms with E-state index in [9.17, 15) is 9.59 Å². The smallest absolute Gasteiger partial charge is 0.345 e. The average molecular weight is 409 g/mol. The van der Waals surface area contributed by atoms with Gasteiger partial charge in [0, 0.05) is 30.2 Å². The second kappa shape index (κ2) is 8.52. The molecule has 30 heavy (non-hydrogen) atoms. The van der Waals surface area contributed by atoms with Gasteiger partial charge in [0.2, 0.25) is 0 Å². The van der Waals surface area contributed by atoms with Gasteiger partial charge in [-0.2, -0.15) is 5.10 Å². The number of urea groups is 1. The van der Waals surface area contributed by atoms with Gasteiger partial charge in [-0.1, -0.05) is 0 Å². The molecule has 0 unspecified atom stereocenters. The summed E-state index contributed by atoms with van der Waals surface area (Å²) in [7, 11) is 1.68. The molecule has 0 bridgehead atoms. The molecule has 2 heterocycles. The highest BCUT2D eigenvalue weighted by Gasteiger charge is 2.18. The van der Waals surface area contributed by atoms with Gasteiger partial charge in [0.05, 0.1) is 17.5 Å². The minimum atomic E-state index is -0.488. The topological polar surface area (TPSA) is 89.4 Å². The maximum atomic E-state index is 12.7. The number of esters is 1. The SMILES string of the molecule is Cc1nc2c(cnn2C(C)C)cc1C(=O)Oc1ccc(N(C)C(=O)NC(C)C)cc1. The molecule has 0 spiro atoms. The first-order chi connectivity index (χ1) is 14.2. The van der Waals surface area contributed by atoms with Crippen molar-refractivity contribution in [2.75, 3.05) is 11.9 Å². The van der Waals surface area contributed by atoms with Crippen LogP contribution in [0.4, 0.5) is 10.5 Å². The average Bonchev–Trinajstić information content (AvgIpc) is 3.09. The molecule has 1 aromatic carbocycles. The van der Waals surface area contributed by atoms with Crippen molar-refractivity contribution in [3.63, 3.8) is 0 Å². The van der Waals surface area contributed by atoms with Crippen molar-refractivity contribution in [3.05, 3.63) is 47.8 Å². The van der Waals surface area contributed by atoms with Gasteiger partial charge in [-0.15, -0.1) is 0 Å². The lowest BCUT2D eigenvalue weighted by molar-refractivity contribution is 0.0733. The third-order valence-electron chi connectivity index (χ3n) is 4.62. The van der Waals surface area contributed by atoms with E-state index in [1.807, 2.05) is 32.4 Å². The van der Waals surface area contributed by atoms with Crippen LogP contribution in [0.1, 0.15) is 49.8 Å². The zero-order valence-electron chi connectivity index (χ0n) is 18.1. The normalized spacial score (nSPS) is 11.2. The molecule has 3 rings (SSSR count). The number of nitrogens with zero attached hydrogens (tertiary/aromatic N) is 4. The quantitative estimate of drug-likeness (QED) is 0.506. The molecular formula is C22H27N5O3. The van der Waals surface area contributed by atoms with E-state index in [0.717, 1.165) is 11.0 Å². The summed E-state index contributed by atoms with van der Waals surface area (Å²) in [5, 5.41) is 7.96. The molecule has 2 aromatic heterocycles. The standard InChI is InChI=1S/C22H27N5O3/c1-13(2)24-22(29)26(6)17-7-9-18(10-8-17)30-21(28)19-11-16-12-23-27(14(3)4)20(16)25-15(19)5/h7-14H,1-6H3,(H,24,29). The molecule has 0 atom stereocenters. The van der Waals surface area contributed by atoms with Crippen LogP contribution in [-0.4, -0.2) is 39.9 Å². The number of benzene rings is 1. The minimum Gasteiger partial charge on any atom is -0.423 e. The predicted octanol–water partition coefficient (Wildman–Crippen LogP) is 4.09. The van der Waals surface area contributed by atoms with Crippen molar-refractivity contribution < 1.29 is 14.3 Å². The summed E-state index contributed by atoms with van der Waals surface area (Å²) in [5.41, 5.74) is 2.40. The summed E-state index contributed by atoms with van der Waals surface area (Å²) in [5.74, 6) is -0.100. The lowest BCUT2D eigenvalue weighted by atomic mass is 10.1. The Hall–Kier alpha value is -3.42. The van der Waals surface area contributed by atoms with E-state index in [1.165, 1.54) is 4.90 Å². The summed E-state index contributed by atoms with van der Waals surface area (Å²) >= 11 is 0. The second-order valence-electron chi connectivity index (χ2n) is 7.76. The number of anilines is 1. The number of rotatable bonds is 5. The maximum absolute atomic E-state index is 12.7. The molecule has 1 N–H and O–H groups in total. The van der Waals surface area contributed by atoms with Gasteiger partial charge in [0.15, 0.2) is 5.65 Å². The van der Waals surface area contributed by atoms with Gasteiger partial charge in [-0.25, -0.2) is 19.3 Å². The highest BCUT2D eigenvalue weighted by Crippen LogP contribution is 2.23. The predicted molar refractivity (Wildman–Crippen MR) is 116 cm³/mol. The van der Waals surface area contributed by atoms with Crippen molar-refractivity contribution in [2.24, 2.45) is 0 Å². The van der Waals surface area contributed by atoms with Crippen LogP contribution in [0, 0.1) is 6.92 Å². The molecule has 0 saturated carbocycles. The Balaban J connectivity index is 1.76. The number of carbonyl (C=O) groups excluding carboxylic acids is 2. The van der Waals surface area contributed by atoms with Crippen LogP contribution >= 0.6 is 0 Å². The molecule has 2 amide bonds. The van der Waals surface area contributed by atoms with Gasteiger partial charge < -0.3 is 10.1 Å². The molecule has 0 radical (unpaired) electrons. The lowest BCUT2D eigenvalue weighted by Crippen LogP contribution is -2.40. The number of fused-ring (bicyclic) bond motifs is 1. The van der Waals surface area contributed by atoms with E-state index >= 15 is 0 Å². The number of carbonyl (C=O) groups is 2. The van der Waals surface area contributed by atoms with Gasteiger partial charge in [-0.3, -0.25) is 4.90 Å². The first-order valence-corrected chi connectivity index (χ1v) is 9.88. The van der Waals surface area contributed by atoms with Crippen LogP contribution in [0.2, 0.25) is 0 Å². The van der Waals surface area contributed by atoms with Gasteiger partial charge in [0.1, 0.15) is 5.75 Å². The molecule has 8 nitrogen and oxygen atoms in total. The Morgan fingerprint density at radius 3 is 2.40 bits per heavy atom. The molecule has 0 aliphatic rings. The van der Waals surface area contributed by atoms with Crippen LogP contribution < -0.4 is 15.0 Å². The van der Waals surface area contributed by atoms with E-state index in [0.29, 0.717) is 22.7 Å². The Kier molecular flexibility index (Phi) is 6.05. The third kappa shape index (κ3) is 4.42. The maximum Gasteiger partial charge on any atom is 0.345 e. The van der Waals surface area contributed by atoms with Gasteiger partial charge >= 0.3 is 12.0 Å². The van der Waals surface area contributed by atoms with E-state index in [1.54, 1.807) is 50.5 Å². The van der Waals surface area contributed by atoms with Crippen molar-refractivity contribution >= 4 is 28.7 Å². The molecular weight excluding hydrogens is 382 g/mol. The van der Waals surface area contributed by atoms with Crippen molar-refractivity contribution in [1.82, 2.24) is 20.1 Å². The van der Waals surface area contributed by atoms with Crippen LogP contribution in [0.5, 0.6) is 5.75 Å². The van der Waals surface area contributed by atoms with Crippen LogP contribution in [0.25, 0.3) is 11.0 Å². The Labute approximate surface area is 175 Å². The minimum absolute atomic E-state index is 0.0435. The van der Waals surface area contributed by atoms with E-state index in [-0.39, 0.29) is 18.1 Å². The number of ether oxygens (including phenoxy) is 1. The van der Waals surface area contributed by atoms with Crippen molar-refractivity contribution in [2.45, 2.75) is 46.7 Å². The summed E-state index contributed by atoms with van der Waals surface area (Å²) in [6, 6.07) is 8.53. The van der Waals surface area contributed by atoms with Crippen LogP contribution in [-0.2, 0) is 0 Å². The van der Waals surface area contributed by atoms with E-state index in [4.69, 9.17) is 4.74 Å². The number of hydrogen-bond donors (Lipinski definition) is 1. The summed E-state index contributed by atoms with van der Waals surface area (Å²) < 4.78 is 7.34. The fraction of sp³-hybridized carbons (Fsp3) is 0.364. The molecule has 3 aromatic rings. The molecule has 8 heteroatoms. The highest BCUT2D eigenvalue weighted by molar-refractivity contribution is 5.96. The van der Waals surface area contributed by atoms with E-state index in [2.05, 4.69) is 15.4 Å². The number of aryl methyl sites for hydroxylation is 1. The fourth-order valence-corrected chi connectivity index (χ4v) is 3.01. The summed E-state index contributed by atoms with van der Waals surface area (Å²) in [4.78, 5) is 30.9. The number of aromatic nitrogens is 3. The summed E-state index contributed by atoms with van der Waals surface area (Å²) in [6.07, 6.45) is 1.70. The molecule has 0 aliphatic carbocycles. The largest absolute Gasteiger partial charge is 0.423 e. The van der Waals surface area contributed by atoms with Crippen molar-refractivity contribution in [3.8, 4) is 5.75 Å². The van der Waals surface area contributed by atoms with Crippen LogP contribution in [0.15, 0.2) is 36.5 Å². The number of amides is 2. The Morgan fingerprint density at radius 2 is 1.80 bits per heavy atom. The third-order valence-corrected chi connectivity index (χ3v) is 4.62. The zero-order valence-corrected chi connectivity index (χ0v) is 18.1. The Bertz CT molecular complexity index is 1070. The molecule has 0 saturated heterocycles. The molecule has 0 fully saturated rings. The highest BCUT2D eigenvalue weighted by atomic mass is 16.5. The van der Waals surface area contributed by atoms with Gasteiger partial charge in [-0.05, 0) is 65.0 Å². The fourth-order valence-electron chi connectivity index (χ4n) is 3.01.